The summed E-state index contributed by atoms with van der Waals surface area (Å²) in [6, 6.07) is 16.7. The largest absolute Gasteiger partial charge is 0.314 e. The normalized spacial score (nSPS) is 18.8. The fourth-order valence-corrected chi connectivity index (χ4v) is 5.92. The molecule has 0 bridgehead atoms. The molecular formula is C27H34ClF2N5S. The molecule has 0 radical (unpaired) electrons. The third-order valence-electron chi connectivity index (χ3n) is 6.64. The van der Waals surface area contributed by atoms with Crippen molar-refractivity contribution in [3.63, 3.8) is 0 Å². The predicted molar refractivity (Wildman–Crippen MR) is 149 cm³/mol. The number of benzene rings is 2. The van der Waals surface area contributed by atoms with Crippen molar-refractivity contribution in [3.05, 3.63) is 64.7 Å². The standard InChI is InChI=1S/C25H28ClF2N5S.C2H6/c26-19-2-1-3-20(12-19)33(34-22-8-10-32(11-9-22)21-14-29-15-21)16-17-4-6-18(7-5-17)23-13-24(25(27)28)31-30-23;1-2/h1-7,12,21-22,25,29H,8-11,13-16H2;1-2H3. The zero-order valence-electron chi connectivity index (χ0n) is 20.8. The van der Waals surface area contributed by atoms with Gasteiger partial charge in [-0.1, -0.05) is 55.8 Å². The van der Waals surface area contributed by atoms with E-state index in [1.807, 2.05) is 68.3 Å². The predicted octanol–water partition coefficient (Wildman–Crippen LogP) is 6.27. The minimum Gasteiger partial charge on any atom is -0.314 e. The molecule has 0 aromatic heterocycles. The van der Waals surface area contributed by atoms with Crippen molar-refractivity contribution < 1.29 is 8.78 Å². The first-order valence-electron chi connectivity index (χ1n) is 12.7. The van der Waals surface area contributed by atoms with Crippen molar-refractivity contribution in [3.8, 4) is 0 Å². The van der Waals surface area contributed by atoms with Gasteiger partial charge in [-0.3, -0.25) is 4.90 Å². The molecule has 2 fully saturated rings. The Kier molecular flexibility index (Phi) is 9.76. The summed E-state index contributed by atoms with van der Waals surface area (Å²) in [6.45, 7) is 9.25. The molecule has 3 heterocycles. The van der Waals surface area contributed by atoms with Crippen LogP contribution in [-0.4, -0.2) is 60.2 Å². The quantitative estimate of drug-likeness (QED) is 0.406. The molecule has 0 atom stereocenters. The molecule has 36 heavy (non-hydrogen) atoms. The van der Waals surface area contributed by atoms with Crippen molar-refractivity contribution in [2.75, 3.05) is 30.5 Å². The summed E-state index contributed by atoms with van der Waals surface area (Å²) in [5.74, 6) is 0. The van der Waals surface area contributed by atoms with Gasteiger partial charge >= 0.3 is 0 Å². The number of hydrogen-bond donors (Lipinski definition) is 1. The second-order valence-electron chi connectivity index (χ2n) is 8.98. The Morgan fingerprint density at radius 1 is 1.08 bits per heavy atom. The smallest absolute Gasteiger partial charge is 0.278 e. The van der Waals surface area contributed by atoms with E-state index >= 15 is 0 Å². The van der Waals surface area contributed by atoms with Gasteiger partial charge in [0.05, 0.1) is 12.3 Å². The zero-order valence-corrected chi connectivity index (χ0v) is 22.4. The van der Waals surface area contributed by atoms with Gasteiger partial charge in [0.15, 0.2) is 0 Å². The van der Waals surface area contributed by atoms with Crippen molar-refractivity contribution in [1.29, 1.82) is 0 Å². The van der Waals surface area contributed by atoms with E-state index in [1.165, 1.54) is 12.8 Å². The maximum atomic E-state index is 12.9. The molecule has 0 amide bonds. The van der Waals surface area contributed by atoms with Gasteiger partial charge in [-0.25, -0.2) is 8.78 Å². The lowest BCUT2D eigenvalue weighted by molar-refractivity contribution is 0.123. The molecule has 5 nitrogen and oxygen atoms in total. The second-order valence-corrected chi connectivity index (χ2v) is 10.7. The summed E-state index contributed by atoms with van der Waals surface area (Å²) in [6.07, 6.45) is -0.106. The first-order chi connectivity index (χ1) is 17.5. The molecule has 3 aliphatic heterocycles. The first-order valence-corrected chi connectivity index (χ1v) is 13.9. The van der Waals surface area contributed by atoms with Crippen LogP contribution in [0.15, 0.2) is 58.7 Å². The lowest BCUT2D eigenvalue weighted by atomic mass is 10.0. The van der Waals surface area contributed by atoms with Crippen LogP contribution in [0.1, 0.15) is 44.2 Å². The van der Waals surface area contributed by atoms with Crippen LogP contribution >= 0.6 is 23.5 Å². The maximum absolute atomic E-state index is 12.9. The van der Waals surface area contributed by atoms with Crippen molar-refractivity contribution in [1.82, 2.24) is 10.2 Å². The minimum atomic E-state index is -2.55. The topological polar surface area (TPSA) is 43.2 Å². The highest BCUT2D eigenvalue weighted by molar-refractivity contribution is 8.01. The van der Waals surface area contributed by atoms with Crippen LogP contribution in [0.3, 0.4) is 0 Å². The van der Waals surface area contributed by atoms with E-state index in [0.29, 0.717) is 17.0 Å². The highest BCUT2D eigenvalue weighted by Crippen LogP contribution is 2.34. The molecular weight excluding hydrogens is 500 g/mol. The van der Waals surface area contributed by atoms with Gasteiger partial charge in [0.2, 0.25) is 0 Å². The summed E-state index contributed by atoms with van der Waals surface area (Å²) >= 11 is 8.21. The van der Waals surface area contributed by atoms with E-state index in [9.17, 15) is 8.78 Å². The van der Waals surface area contributed by atoms with Crippen LogP contribution in [0, 0.1) is 0 Å². The SMILES string of the molecule is CC.FC(F)C1=NN=C(c2ccc(CN(SC3CCN(C4CNC4)CC3)c3cccc(Cl)c3)cc2)C1. The minimum absolute atomic E-state index is 0.108. The van der Waals surface area contributed by atoms with Gasteiger partial charge in [-0.05, 0) is 67.2 Å². The van der Waals surface area contributed by atoms with Gasteiger partial charge in [-0.15, -0.1) is 0 Å². The fourth-order valence-electron chi connectivity index (χ4n) is 4.49. The molecule has 1 N–H and O–H groups in total. The molecule has 0 spiro atoms. The van der Waals surface area contributed by atoms with E-state index in [1.54, 1.807) is 0 Å². The van der Waals surface area contributed by atoms with Gasteiger partial charge < -0.3 is 9.62 Å². The number of nitrogens with zero attached hydrogens (tertiary/aromatic N) is 4. The number of hydrogen-bond acceptors (Lipinski definition) is 6. The van der Waals surface area contributed by atoms with Crippen LogP contribution < -0.4 is 9.62 Å². The summed E-state index contributed by atoms with van der Waals surface area (Å²) < 4.78 is 28.1. The molecule has 3 aliphatic rings. The Hall–Kier alpha value is -2.00. The van der Waals surface area contributed by atoms with Crippen LogP contribution in [0.25, 0.3) is 0 Å². The molecule has 5 rings (SSSR count). The summed E-state index contributed by atoms with van der Waals surface area (Å²) in [7, 11) is 0. The number of piperidine rings is 1. The fraction of sp³-hybridized carbons (Fsp3) is 0.481. The maximum Gasteiger partial charge on any atom is 0.278 e. The highest BCUT2D eigenvalue weighted by atomic mass is 35.5. The molecule has 0 aliphatic carbocycles. The number of nitrogens with one attached hydrogen (secondary N) is 1. The lowest BCUT2D eigenvalue weighted by Crippen LogP contribution is -2.59. The summed E-state index contributed by atoms with van der Waals surface area (Å²) in [5.41, 5.74) is 3.49. The van der Waals surface area contributed by atoms with Crippen molar-refractivity contribution in [2.24, 2.45) is 10.2 Å². The third kappa shape index (κ3) is 6.85. The van der Waals surface area contributed by atoms with E-state index in [4.69, 9.17) is 11.6 Å². The van der Waals surface area contributed by atoms with E-state index in [-0.39, 0.29) is 12.1 Å². The Morgan fingerprint density at radius 3 is 2.39 bits per heavy atom. The number of likely N-dealkylation sites (tertiary alicyclic amines) is 1. The second kappa shape index (κ2) is 13.0. The number of halogens is 3. The average Bonchev–Trinajstić information content (AvgIpc) is 3.36. The zero-order chi connectivity index (χ0) is 25.5. The van der Waals surface area contributed by atoms with E-state index in [2.05, 4.69) is 30.8 Å². The Morgan fingerprint density at radius 2 is 1.81 bits per heavy atom. The van der Waals surface area contributed by atoms with Gasteiger partial charge in [-0.2, -0.15) is 10.2 Å². The number of alkyl halides is 2. The molecule has 0 saturated carbocycles. The Bertz CT molecular complexity index is 1050. The van der Waals surface area contributed by atoms with Crippen molar-refractivity contribution >= 4 is 40.7 Å². The lowest BCUT2D eigenvalue weighted by Gasteiger charge is -2.42. The van der Waals surface area contributed by atoms with Crippen molar-refractivity contribution in [2.45, 2.75) is 57.4 Å². The average molecular weight is 534 g/mol. The number of rotatable bonds is 8. The molecule has 0 unspecified atom stereocenters. The van der Waals surface area contributed by atoms with E-state index in [0.717, 1.165) is 54.6 Å². The van der Waals surface area contributed by atoms with Crippen LogP contribution in [0.5, 0.6) is 0 Å². The molecule has 9 heteroatoms. The van der Waals surface area contributed by atoms with E-state index < -0.39 is 6.43 Å². The first kappa shape index (κ1) is 27.0. The molecule has 2 aromatic carbocycles. The monoisotopic (exact) mass is 533 g/mol. The molecule has 194 valence electrons. The molecule has 2 aromatic rings. The highest BCUT2D eigenvalue weighted by Gasteiger charge is 2.30. The Labute approximate surface area is 222 Å². The molecule has 2 saturated heterocycles. The summed E-state index contributed by atoms with van der Waals surface area (Å²) in [5, 5.41) is 12.2. The van der Waals surface area contributed by atoms with Crippen LogP contribution in [0.4, 0.5) is 14.5 Å². The third-order valence-corrected chi connectivity index (χ3v) is 8.24. The Balaban J connectivity index is 0.00000148. The van der Waals surface area contributed by atoms with Gasteiger partial charge in [0.1, 0.15) is 5.71 Å². The van der Waals surface area contributed by atoms with Gasteiger partial charge in [0.25, 0.3) is 6.43 Å². The van der Waals surface area contributed by atoms with Crippen LogP contribution in [-0.2, 0) is 6.54 Å². The summed E-state index contributed by atoms with van der Waals surface area (Å²) in [4.78, 5) is 2.62. The van der Waals surface area contributed by atoms with Gasteiger partial charge in [0, 0.05) is 41.5 Å². The van der Waals surface area contributed by atoms with Crippen LogP contribution in [0.2, 0.25) is 5.02 Å². The number of anilines is 1.